The Kier molecular flexibility index (Phi) is 4.12. The second-order valence-electron chi connectivity index (χ2n) is 4.18. The lowest BCUT2D eigenvalue weighted by atomic mass is 10.3. The van der Waals surface area contributed by atoms with Crippen LogP contribution in [0.4, 0.5) is 4.39 Å². The Morgan fingerprint density at radius 1 is 1.53 bits per heavy atom. The molecule has 0 aliphatic rings. The molecule has 0 saturated heterocycles. The zero-order valence-corrected chi connectivity index (χ0v) is 10.6. The van der Waals surface area contributed by atoms with E-state index in [0.29, 0.717) is 18.1 Å². The number of pyridine rings is 1. The van der Waals surface area contributed by atoms with Gasteiger partial charge in [-0.25, -0.2) is 9.97 Å². The third kappa shape index (κ3) is 3.31. The van der Waals surface area contributed by atoms with Gasteiger partial charge in [0.1, 0.15) is 5.69 Å². The number of hydrogen-bond donors (Lipinski definition) is 2. The highest BCUT2D eigenvalue weighted by molar-refractivity contribution is 5.49. The summed E-state index contributed by atoms with van der Waals surface area (Å²) in [6.45, 7) is 2.70. The molecule has 1 unspecified atom stereocenters. The van der Waals surface area contributed by atoms with Gasteiger partial charge in [-0.2, -0.15) is 4.39 Å². The molecule has 0 bridgehead atoms. The van der Waals surface area contributed by atoms with E-state index >= 15 is 0 Å². The summed E-state index contributed by atoms with van der Waals surface area (Å²) in [7, 11) is 0. The first-order valence-corrected chi connectivity index (χ1v) is 5.97. The van der Waals surface area contributed by atoms with E-state index in [9.17, 15) is 4.39 Å². The molecule has 0 spiro atoms. The zero-order valence-electron chi connectivity index (χ0n) is 10.6. The van der Waals surface area contributed by atoms with Crippen LogP contribution >= 0.6 is 0 Å². The van der Waals surface area contributed by atoms with Crippen molar-refractivity contribution >= 4 is 0 Å². The van der Waals surface area contributed by atoms with E-state index in [1.807, 2.05) is 17.7 Å². The Hall–Kier alpha value is -2.37. The topological polar surface area (TPSA) is 68.8 Å². The van der Waals surface area contributed by atoms with Crippen LogP contribution < -0.4 is 11.1 Å². The first-order chi connectivity index (χ1) is 9.20. The van der Waals surface area contributed by atoms with Gasteiger partial charge in [-0.05, 0) is 19.1 Å². The Balaban J connectivity index is 2.18. The summed E-state index contributed by atoms with van der Waals surface area (Å²) in [5, 5.41) is 3.11. The highest BCUT2D eigenvalue weighted by Crippen LogP contribution is 2.15. The smallest absolute Gasteiger partial charge is 0.213 e. The fraction of sp³-hybridized carbons (Fsp3) is 0.231. The van der Waals surface area contributed by atoms with Crippen molar-refractivity contribution in [2.75, 3.05) is 0 Å². The first kappa shape index (κ1) is 13.1. The van der Waals surface area contributed by atoms with Gasteiger partial charge in [0.15, 0.2) is 5.82 Å². The molecule has 2 rings (SSSR count). The molecule has 0 aromatic carbocycles. The lowest BCUT2D eigenvalue weighted by Crippen LogP contribution is -2.26. The summed E-state index contributed by atoms with van der Waals surface area (Å²) < 4.78 is 15.1. The molecule has 3 N–H and O–H groups in total. The monoisotopic (exact) mass is 261 g/mol. The molecule has 2 heterocycles. The predicted octanol–water partition coefficient (Wildman–Crippen LogP) is 1.49. The summed E-state index contributed by atoms with van der Waals surface area (Å²) in [4.78, 5) is 8.07. The van der Waals surface area contributed by atoms with Gasteiger partial charge in [0.05, 0.1) is 0 Å². The summed E-state index contributed by atoms with van der Waals surface area (Å²) >= 11 is 0. The minimum absolute atomic E-state index is 0.168. The largest absolute Gasteiger partial charge is 0.403 e. The molecule has 0 radical (unpaired) electrons. The van der Waals surface area contributed by atoms with Crippen LogP contribution in [0.2, 0.25) is 0 Å². The second kappa shape index (κ2) is 5.99. The van der Waals surface area contributed by atoms with Crippen LogP contribution in [-0.4, -0.2) is 20.6 Å². The molecule has 5 nitrogen and oxygen atoms in total. The van der Waals surface area contributed by atoms with E-state index in [0.717, 1.165) is 0 Å². The van der Waals surface area contributed by atoms with Gasteiger partial charge in [0, 0.05) is 37.4 Å². The van der Waals surface area contributed by atoms with Gasteiger partial charge in [0.2, 0.25) is 5.95 Å². The number of nitrogens with two attached hydrogens (primary N) is 1. The molecule has 1 atom stereocenters. The third-order valence-electron chi connectivity index (χ3n) is 2.61. The maximum Gasteiger partial charge on any atom is 0.213 e. The molecule has 0 saturated carbocycles. The number of hydrogen-bond acceptors (Lipinski definition) is 4. The van der Waals surface area contributed by atoms with Crippen LogP contribution in [0.15, 0.2) is 43.0 Å². The maximum absolute atomic E-state index is 13.1. The van der Waals surface area contributed by atoms with Gasteiger partial charge >= 0.3 is 0 Å². The molecule has 100 valence electrons. The van der Waals surface area contributed by atoms with E-state index in [1.54, 1.807) is 24.5 Å². The lowest BCUT2D eigenvalue weighted by Gasteiger charge is -2.14. The van der Waals surface area contributed by atoms with Gasteiger partial charge in [0.25, 0.3) is 0 Å². The van der Waals surface area contributed by atoms with Crippen LogP contribution in [0, 0.1) is 5.95 Å². The Bertz CT molecular complexity index is 564. The summed E-state index contributed by atoms with van der Waals surface area (Å²) in [5.41, 5.74) is 5.79. The number of rotatable bonds is 5. The molecule has 0 amide bonds. The van der Waals surface area contributed by atoms with Crippen LogP contribution in [0.3, 0.4) is 0 Å². The minimum atomic E-state index is -0.510. The molecular formula is C13H16FN5. The summed E-state index contributed by atoms with van der Waals surface area (Å²) in [6, 6.07) is 4.84. The van der Waals surface area contributed by atoms with Crippen LogP contribution in [0.25, 0.3) is 11.5 Å². The molecular weight excluding hydrogens is 245 g/mol. The first-order valence-electron chi connectivity index (χ1n) is 5.97. The molecule has 2 aromatic rings. The van der Waals surface area contributed by atoms with E-state index in [-0.39, 0.29) is 6.04 Å². The van der Waals surface area contributed by atoms with Gasteiger partial charge in [-0.15, -0.1) is 0 Å². The Morgan fingerprint density at radius 2 is 2.37 bits per heavy atom. The lowest BCUT2D eigenvalue weighted by molar-refractivity contribution is 0.533. The maximum atomic E-state index is 13.1. The quantitative estimate of drug-likeness (QED) is 0.800. The predicted molar refractivity (Wildman–Crippen MR) is 71.3 cm³/mol. The van der Waals surface area contributed by atoms with Crippen LogP contribution in [0.5, 0.6) is 0 Å². The van der Waals surface area contributed by atoms with E-state index < -0.39 is 5.95 Å². The zero-order chi connectivity index (χ0) is 13.7. The van der Waals surface area contributed by atoms with Crippen molar-refractivity contribution in [3.63, 3.8) is 0 Å². The molecule has 0 aliphatic carbocycles. The van der Waals surface area contributed by atoms with E-state index in [1.165, 1.54) is 12.3 Å². The standard InChI is InChI=1S/C13H16FN5/c1-10(16-6-5-15)9-19-8-7-17-13(19)11-3-2-4-12(14)18-11/h2-8,10,16H,9,15H2,1H3/b6-5-. The molecule has 0 aliphatic heterocycles. The molecule has 6 heteroatoms. The van der Waals surface area contributed by atoms with E-state index in [4.69, 9.17) is 5.73 Å². The Labute approximate surface area is 111 Å². The second-order valence-corrected chi connectivity index (χ2v) is 4.18. The average molecular weight is 261 g/mol. The van der Waals surface area contributed by atoms with Crippen molar-refractivity contribution in [3.8, 4) is 11.5 Å². The molecule has 0 fully saturated rings. The summed E-state index contributed by atoms with van der Waals surface area (Å²) in [5.74, 6) is 0.133. The number of imidazole rings is 1. The van der Waals surface area contributed by atoms with Crippen molar-refractivity contribution in [1.82, 2.24) is 19.9 Å². The SMILES string of the molecule is CC(Cn1ccnc1-c1cccc(F)n1)N/C=C\N. The van der Waals surface area contributed by atoms with Gasteiger partial charge in [-0.1, -0.05) is 6.07 Å². The number of aromatic nitrogens is 3. The molecule has 2 aromatic heterocycles. The third-order valence-corrected chi connectivity index (χ3v) is 2.61. The number of nitrogens with one attached hydrogen (secondary N) is 1. The van der Waals surface area contributed by atoms with Crippen molar-refractivity contribution < 1.29 is 4.39 Å². The summed E-state index contributed by atoms with van der Waals surface area (Å²) in [6.07, 6.45) is 6.64. The van der Waals surface area contributed by atoms with Gasteiger partial charge < -0.3 is 15.6 Å². The number of halogens is 1. The highest BCUT2D eigenvalue weighted by Gasteiger charge is 2.10. The molecule has 19 heavy (non-hydrogen) atoms. The van der Waals surface area contributed by atoms with E-state index in [2.05, 4.69) is 15.3 Å². The van der Waals surface area contributed by atoms with Crippen molar-refractivity contribution in [2.24, 2.45) is 5.73 Å². The van der Waals surface area contributed by atoms with Crippen molar-refractivity contribution in [3.05, 3.63) is 48.9 Å². The number of nitrogens with zero attached hydrogens (tertiary/aromatic N) is 3. The average Bonchev–Trinajstić information content (AvgIpc) is 2.84. The van der Waals surface area contributed by atoms with Crippen molar-refractivity contribution in [2.45, 2.75) is 19.5 Å². The van der Waals surface area contributed by atoms with Crippen LogP contribution in [-0.2, 0) is 6.54 Å². The van der Waals surface area contributed by atoms with Gasteiger partial charge in [-0.3, -0.25) is 0 Å². The van der Waals surface area contributed by atoms with Crippen LogP contribution in [0.1, 0.15) is 6.92 Å². The van der Waals surface area contributed by atoms with Crippen molar-refractivity contribution in [1.29, 1.82) is 0 Å². The Morgan fingerprint density at radius 3 is 3.11 bits per heavy atom. The fourth-order valence-corrected chi connectivity index (χ4v) is 1.79. The fourth-order valence-electron chi connectivity index (χ4n) is 1.79. The highest BCUT2D eigenvalue weighted by atomic mass is 19.1. The minimum Gasteiger partial charge on any atom is -0.403 e. The normalized spacial score (nSPS) is 12.7.